The molecular formula is C22H27FN2O2. The number of alkyl halides is 1. The topological polar surface area (TPSA) is 32.8 Å². The zero-order chi connectivity index (χ0) is 19.1. The van der Waals surface area contributed by atoms with Crippen molar-refractivity contribution in [3.05, 3.63) is 65.7 Å². The number of carbonyl (C=O) groups is 1. The normalized spacial score (nSPS) is 16.8. The van der Waals surface area contributed by atoms with Crippen LogP contribution in [0.25, 0.3) is 0 Å². The average molecular weight is 370 g/mol. The number of Topliss-reactive ketones (excluding diaryl/α,β-unsaturated/α-hetero) is 1. The summed E-state index contributed by atoms with van der Waals surface area (Å²) in [5.74, 6) is 0.868. The fourth-order valence-electron chi connectivity index (χ4n) is 3.43. The molecule has 0 aromatic heterocycles. The molecule has 1 aliphatic heterocycles. The number of carbonyl (C=O) groups excluding carboxylic acids is 1. The Morgan fingerprint density at radius 2 is 1.81 bits per heavy atom. The molecule has 4 nitrogen and oxygen atoms in total. The van der Waals surface area contributed by atoms with Crippen LogP contribution in [0, 0.1) is 0 Å². The first kappa shape index (κ1) is 19.5. The summed E-state index contributed by atoms with van der Waals surface area (Å²) in [6.07, 6.45) is -0.560. The maximum atomic E-state index is 14.6. The van der Waals surface area contributed by atoms with Gasteiger partial charge in [-0.1, -0.05) is 42.5 Å². The predicted octanol–water partition coefficient (Wildman–Crippen LogP) is 3.77. The molecule has 1 saturated heterocycles. The quantitative estimate of drug-likeness (QED) is 0.523. The Balaban J connectivity index is 1.42. The Morgan fingerprint density at radius 3 is 2.52 bits per heavy atom. The maximum Gasteiger partial charge on any atom is 0.163 e. The third kappa shape index (κ3) is 5.62. The molecular weight excluding hydrogens is 343 g/mol. The van der Waals surface area contributed by atoms with Gasteiger partial charge in [-0.25, -0.2) is 4.39 Å². The summed E-state index contributed by atoms with van der Waals surface area (Å²) in [5.41, 5.74) is 1.86. The minimum atomic E-state index is -1.06. The number of halogens is 1. The van der Waals surface area contributed by atoms with Gasteiger partial charge >= 0.3 is 0 Å². The summed E-state index contributed by atoms with van der Waals surface area (Å²) in [6, 6.07) is 17.2. The molecule has 2 aromatic rings. The second-order valence-corrected chi connectivity index (χ2v) is 6.93. The van der Waals surface area contributed by atoms with Crippen molar-refractivity contribution in [2.24, 2.45) is 0 Å². The van der Waals surface area contributed by atoms with Crippen LogP contribution in [0.2, 0.25) is 0 Å². The zero-order valence-corrected chi connectivity index (χ0v) is 15.8. The van der Waals surface area contributed by atoms with E-state index < -0.39 is 6.30 Å². The van der Waals surface area contributed by atoms with Gasteiger partial charge < -0.3 is 4.74 Å². The van der Waals surface area contributed by atoms with Crippen molar-refractivity contribution < 1.29 is 13.9 Å². The van der Waals surface area contributed by atoms with E-state index in [2.05, 4.69) is 11.0 Å². The van der Waals surface area contributed by atoms with Gasteiger partial charge in [-0.3, -0.25) is 14.6 Å². The van der Waals surface area contributed by atoms with E-state index in [0.717, 1.165) is 25.4 Å². The van der Waals surface area contributed by atoms with Crippen molar-refractivity contribution in [1.82, 2.24) is 9.80 Å². The number of benzene rings is 2. The average Bonchev–Trinajstić information content (AvgIpc) is 2.73. The molecule has 5 heteroatoms. The van der Waals surface area contributed by atoms with Crippen LogP contribution in [0.4, 0.5) is 4.39 Å². The van der Waals surface area contributed by atoms with Crippen LogP contribution in [-0.2, 0) is 6.54 Å². The molecule has 0 bridgehead atoms. The number of ketones is 1. The SMILES string of the molecule is COc1cccc(CN2CCN(C(F)CCC(=O)c3ccccc3)CC2)c1. The standard InChI is InChI=1S/C22H27FN2O2/c1-27-20-9-5-6-18(16-20)17-24-12-14-25(15-13-24)22(23)11-10-21(26)19-7-3-2-4-8-19/h2-9,16,22H,10-15,17H2,1H3. The van der Waals surface area contributed by atoms with Crippen LogP contribution in [0.1, 0.15) is 28.8 Å². The second-order valence-electron chi connectivity index (χ2n) is 6.93. The molecule has 0 N–H and O–H groups in total. The molecule has 0 spiro atoms. The molecule has 27 heavy (non-hydrogen) atoms. The van der Waals surface area contributed by atoms with E-state index >= 15 is 0 Å². The lowest BCUT2D eigenvalue weighted by Crippen LogP contribution is -2.48. The molecule has 1 aliphatic rings. The van der Waals surface area contributed by atoms with E-state index in [9.17, 15) is 9.18 Å². The third-order valence-corrected chi connectivity index (χ3v) is 5.05. The van der Waals surface area contributed by atoms with Crippen molar-refractivity contribution in [3.8, 4) is 5.75 Å². The molecule has 0 amide bonds. The minimum absolute atomic E-state index is 0.00918. The van der Waals surface area contributed by atoms with Crippen LogP contribution in [0.5, 0.6) is 5.75 Å². The highest BCUT2D eigenvalue weighted by Crippen LogP contribution is 2.18. The van der Waals surface area contributed by atoms with E-state index in [1.54, 1.807) is 19.2 Å². The van der Waals surface area contributed by atoms with Gasteiger partial charge in [0.2, 0.25) is 0 Å². The van der Waals surface area contributed by atoms with Crippen molar-refractivity contribution >= 4 is 5.78 Å². The number of methoxy groups -OCH3 is 1. The minimum Gasteiger partial charge on any atom is -0.497 e. The van der Waals surface area contributed by atoms with E-state index in [1.165, 1.54) is 5.56 Å². The van der Waals surface area contributed by atoms with Crippen LogP contribution >= 0.6 is 0 Å². The van der Waals surface area contributed by atoms with Crippen molar-refractivity contribution in [2.75, 3.05) is 33.3 Å². The fraction of sp³-hybridized carbons (Fsp3) is 0.409. The van der Waals surface area contributed by atoms with Crippen molar-refractivity contribution in [1.29, 1.82) is 0 Å². The summed E-state index contributed by atoms with van der Waals surface area (Å²) in [6.45, 7) is 3.86. The molecule has 2 aromatic carbocycles. The van der Waals surface area contributed by atoms with E-state index in [4.69, 9.17) is 4.74 Å². The zero-order valence-electron chi connectivity index (χ0n) is 15.8. The van der Waals surface area contributed by atoms with Crippen LogP contribution < -0.4 is 4.74 Å². The summed E-state index contributed by atoms with van der Waals surface area (Å²) in [5, 5.41) is 0. The Labute approximate surface area is 160 Å². The Kier molecular flexibility index (Phi) is 6.96. The first-order chi connectivity index (χ1) is 13.2. The number of nitrogens with zero attached hydrogens (tertiary/aromatic N) is 2. The summed E-state index contributed by atoms with van der Waals surface area (Å²) in [7, 11) is 1.67. The first-order valence-corrected chi connectivity index (χ1v) is 9.47. The lowest BCUT2D eigenvalue weighted by atomic mass is 10.1. The smallest absolute Gasteiger partial charge is 0.163 e. The summed E-state index contributed by atoms with van der Waals surface area (Å²) < 4.78 is 19.8. The monoisotopic (exact) mass is 370 g/mol. The molecule has 1 heterocycles. The van der Waals surface area contributed by atoms with Gasteiger partial charge in [-0.2, -0.15) is 0 Å². The highest BCUT2D eigenvalue weighted by molar-refractivity contribution is 5.95. The highest BCUT2D eigenvalue weighted by atomic mass is 19.1. The Bertz CT molecular complexity index is 730. The molecule has 1 unspecified atom stereocenters. The third-order valence-electron chi connectivity index (χ3n) is 5.05. The number of hydrogen-bond donors (Lipinski definition) is 0. The molecule has 1 atom stereocenters. The Hall–Kier alpha value is -2.24. The fourth-order valence-corrected chi connectivity index (χ4v) is 3.43. The summed E-state index contributed by atoms with van der Waals surface area (Å²) >= 11 is 0. The molecule has 0 aliphatic carbocycles. The Morgan fingerprint density at radius 1 is 1.07 bits per heavy atom. The molecule has 1 fully saturated rings. The first-order valence-electron chi connectivity index (χ1n) is 9.47. The summed E-state index contributed by atoms with van der Waals surface area (Å²) in [4.78, 5) is 16.3. The van der Waals surface area contributed by atoms with Gasteiger partial charge in [0.15, 0.2) is 12.1 Å². The lowest BCUT2D eigenvalue weighted by Gasteiger charge is -2.36. The van der Waals surface area contributed by atoms with Gasteiger partial charge in [-0.15, -0.1) is 0 Å². The number of rotatable bonds is 8. The van der Waals surface area contributed by atoms with Crippen LogP contribution in [0.15, 0.2) is 54.6 Å². The van der Waals surface area contributed by atoms with E-state index in [1.807, 2.05) is 41.3 Å². The largest absolute Gasteiger partial charge is 0.497 e. The molecule has 0 saturated carbocycles. The van der Waals surface area contributed by atoms with Crippen molar-refractivity contribution in [3.63, 3.8) is 0 Å². The second kappa shape index (κ2) is 9.62. The number of hydrogen-bond acceptors (Lipinski definition) is 4. The molecule has 144 valence electrons. The lowest BCUT2D eigenvalue weighted by molar-refractivity contribution is 0.0237. The van der Waals surface area contributed by atoms with Gasteiger partial charge in [0.25, 0.3) is 0 Å². The van der Waals surface area contributed by atoms with Gasteiger partial charge in [-0.05, 0) is 24.1 Å². The number of ether oxygens (including phenoxy) is 1. The molecule has 3 rings (SSSR count). The highest BCUT2D eigenvalue weighted by Gasteiger charge is 2.24. The maximum absolute atomic E-state index is 14.6. The van der Waals surface area contributed by atoms with E-state index in [-0.39, 0.29) is 18.6 Å². The van der Waals surface area contributed by atoms with Gasteiger partial charge in [0, 0.05) is 44.7 Å². The van der Waals surface area contributed by atoms with Crippen molar-refractivity contribution in [2.45, 2.75) is 25.7 Å². The number of piperazine rings is 1. The van der Waals surface area contributed by atoms with Crippen LogP contribution in [-0.4, -0.2) is 55.2 Å². The molecule has 0 radical (unpaired) electrons. The van der Waals surface area contributed by atoms with E-state index in [0.29, 0.717) is 18.7 Å². The predicted molar refractivity (Wildman–Crippen MR) is 105 cm³/mol. The van der Waals surface area contributed by atoms with Gasteiger partial charge in [0.05, 0.1) is 7.11 Å². The van der Waals surface area contributed by atoms with Gasteiger partial charge in [0.1, 0.15) is 5.75 Å². The van der Waals surface area contributed by atoms with Crippen LogP contribution in [0.3, 0.4) is 0 Å².